The van der Waals surface area contributed by atoms with Gasteiger partial charge in [0.25, 0.3) is 0 Å². The van der Waals surface area contributed by atoms with E-state index in [4.69, 9.17) is 0 Å². The maximum Gasteiger partial charge on any atom is 0.244 e. The van der Waals surface area contributed by atoms with Crippen LogP contribution in [0.15, 0.2) is 46.8 Å². The summed E-state index contributed by atoms with van der Waals surface area (Å²) in [5.74, 6) is 0.768. The number of carbonyl (C=O) groups is 1. The van der Waals surface area contributed by atoms with Gasteiger partial charge in [-0.1, -0.05) is 44.2 Å². The van der Waals surface area contributed by atoms with Crippen LogP contribution in [0, 0.1) is 0 Å². The maximum atomic E-state index is 12.6. The molecule has 0 atom stereocenters. The Labute approximate surface area is 171 Å². The zero-order valence-electron chi connectivity index (χ0n) is 17.0. The van der Waals surface area contributed by atoms with E-state index in [2.05, 4.69) is 65.2 Å². The Morgan fingerprint density at radius 3 is 2.75 bits per heavy atom. The summed E-state index contributed by atoms with van der Waals surface area (Å²) in [6.07, 6.45) is 0.950. The number of guanidine groups is 1. The predicted octanol–water partition coefficient (Wildman–Crippen LogP) is 3.17. The summed E-state index contributed by atoms with van der Waals surface area (Å²) < 4.78 is 0. The number of carbonyl (C=O) groups excluding carboxylic acids is 1. The van der Waals surface area contributed by atoms with E-state index in [0.717, 1.165) is 26.1 Å². The van der Waals surface area contributed by atoms with E-state index in [-0.39, 0.29) is 17.9 Å². The monoisotopic (exact) mass is 398 g/mol. The van der Waals surface area contributed by atoms with Crippen LogP contribution in [-0.2, 0) is 23.2 Å². The Balaban J connectivity index is 1.57. The largest absolute Gasteiger partial charge is 0.357 e. The van der Waals surface area contributed by atoms with E-state index < -0.39 is 0 Å². The van der Waals surface area contributed by atoms with Gasteiger partial charge < -0.3 is 15.5 Å². The SMILES string of the molecule is CCNC(=NCC(=O)N1CCc2sccc2C1)NCC(C)(C)c1ccccc1. The van der Waals surface area contributed by atoms with Crippen molar-refractivity contribution in [2.45, 2.75) is 39.2 Å². The summed E-state index contributed by atoms with van der Waals surface area (Å²) in [6, 6.07) is 12.6. The zero-order chi connectivity index (χ0) is 20.0. The minimum absolute atomic E-state index is 0.0380. The van der Waals surface area contributed by atoms with Crippen molar-refractivity contribution in [3.05, 3.63) is 57.8 Å². The van der Waals surface area contributed by atoms with E-state index in [1.54, 1.807) is 11.3 Å². The summed E-state index contributed by atoms with van der Waals surface area (Å²) >= 11 is 1.79. The molecule has 2 heterocycles. The van der Waals surface area contributed by atoms with Crippen LogP contribution in [0.3, 0.4) is 0 Å². The Morgan fingerprint density at radius 1 is 1.21 bits per heavy atom. The molecule has 0 saturated heterocycles. The number of hydrogen-bond acceptors (Lipinski definition) is 3. The molecule has 5 nitrogen and oxygen atoms in total. The van der Waals surface area contributed by atoms with Crippen LogP contribution in [-0.4, -0.2) is 42.9 Å². The highest BCUT2D eigenvalue weighted by Gasteiger charge is 2.22. The first-order valence-electron chi connectivity index (χ1n) is 9.90. The first kappa shape index (κ1) is 20.4. The topological polar surface area (TPSA) is 56.7 Å². The first-order chi connectivity index (χ1) is 13.5. The van der Waals surface area contributed by atoms with Crippen LogP contribution >= 0.6 is 11.3 Å². The number of rotatable bonds is 6. The lowest BCUT2D eigenvalue weighted by atomic mass is 9.85. The highest BCUT2D eigenvalue weighted by Crippen LogP contribution is 2.24. The second-order valence-electron chi connectivity index (χ2n) is 7.73. The minimum atomic E-state index is -0.0380. The van der Waals surface area contributed by atoms with Crippen LogP contribution < -0.4 is 10.6 Å². The molecule has 150 valence electrons. The average molecular weight is 399 g/mol. The van der Waals surface area contributed by atoms with E-state index in [9.17, 15) is 4.79 Å². The van der Waals surface area contributed by atoms with Gasteiger partial charge in [-0.15, -0.1) is 11.3 Å². The maximum absolute atomic E-state index is 12.6. The predicted molar refractivity (Wildman–Crippen MR) is 117 cm³/mol. The van der Waals surface area contributed by atoms with Crippen molar-refractivity contribution in [3.8, 4) is 0 Å². The van der Waals surface area contributed by atoms with Gasteiger partial charge in [-0.2, -0.15) is 0 Å². The van der Waals surface area contributed by atoms with Crippen LogP contribution in [0.4, 0.5) is 0 Å². The fraction of sp³-hybridized carbons (Fsp3) is 0.455. The molecule has 0 fully saturated rings. The molecule has 1 aliphatic rings. The van der Waals surface area contributed by atoms with Crippen LogP contribution in [0.25, 0.3) is 0 Å². The second kappa shape index (κ2) is 9.24. The summed E-state index contributed by atoms with van der Waals surface area (Å²) in [7, 11) is 0. The molecule has 0 bridgehead atoms. The number of fused-ring (bicyclic) bond motifs is 1. The molecule has 6 heteroatoms. The Morgan fingerprint density at radius 2 is 2.00 bits per heavy atom. The van der Waals surface area contributed by atoms with Crippen molar-refractivity contribution in [1.29, 1.82) is 0 Å². The molecule has 2 aromatic rings. The molecular weight excluding hydrogens is 368 g/mol. The summed E-state index contributed by atoms with van der Waals surface area (Å²) in [5, 5.41) is 8.75. The second-order valence-corrected chi connectivity index (χ2v) is 8.73. The standard InChI is InChI=1S/C22H30N4OS/c1-4-23-21(25-16-22(2,3)18-8-6-5-7-9-18)24-14-20(27)26-12-10-19-17(15-26)11-13-28-19/h5-9,11,13H,4,10,12,14-16H2,1-3H3,(H2,23,24,25). The number of benzene rings is 1. The fourth-order valence-corrected chi connectivity index (χ4v) is 4.24. The Hall–Kier alpha value is -2.34. The van der Waals surface area contributed by atoms with Gasteiger partial charge in [-0.3, -0.25) is 4.79 Å². The third-order valence-electron chi connectivity index (χ3n) is 5.13. The quantitative estimate of drug-likeness (QED) is 0.580. The third kappa shape index (κ3) is 5.13. The molecule has 1 aromatic carbocycles. The Bertz CT molecular complexity index is 813. The van der Waals surface area contributed by atoms with Gasteiger partial charge in [0.1, 0.15) is 6.54 Å². The van der Waals surface area contributed by atoms with Crippen molar-refractivity contribution in [3.63, 3.8) is 0 Å². The van der Waals surface area contributed by atoms with Crippen molar-refractivity contribution in [1.82, 2.24) is 15.5 Å². The molecule has 1 aliphatic heterocycles. The molecule has 0 aliphatic carbocycles. The van der Waals surface area contributed by atoms with Gasteiger partial charge >= 0.3 is 0 Å². The molecule has 1 aromatic heterocycles. The lowest BCUT2D eigenvalue weighted by Gasteiger charge is -2.27. The van der Waals surface area contributed by atoms with Crippen LogP contribution in [0.1, 0.15) is 36.8 Å². The molecule has 3 rings (SSSR count). The Kier molecular flexibility index (Phi) is 6.73. The number of amides is 1. The first-order valence-corrected chi connectivity index (χ1v) is 10.8. The third-order valence-corrected chi connectivity index (χ3v) is 6.15. The number of nitrogens with zero attached hydrogens (tertiary/aromatic N) is 2. The summed E-state index contributed by atoms with van der Waals surface area (Å²) in [6.45, 7) is 9.59. The van der Waals surface area contributed by atoms with Crippen molar-refractivity contribution < 1.29 is 4.79 Å². The number of hydrogen-bond donors (Lipinski definition) is 2. The lowest BCUT2D eigenvalue weighted by Crippen LogP contribution is -2.44. The zero-order valence-corrected chi connectivity index (χ0v) is 17.8. The van der Waals surface area contributed by atoms with Gasteiger partial charge in [0.05, 0.1) is 0 Å². The number of aliphatic imine (C=N–C) groups is 1. The molecule has 0 spiro atoms. The number of nitrogens with one attached hydrogen (secondary N) is 2. The van der Waals surface area contributed by atoms with Crippen LogP contribution in [0.2, 0.25) is 0 Å². The molecule has 1 amide bonds. The van der Waals surface area contributed by atoms with E-state index in [0.29, 0.717) is 12.5 Å². The van der Waals surface area contributed by atoms with Gasteiger partial charge in [0, 0.05) is 36.5 Å². The normalized spacial score (nSPS) is 14.5. The summed E-state index contributed by atoms with van der Waals surface area (Å²) in [4.78, 5) is 20.5. The molecular formula is C22H30N4OS. The smallest absolute Gasteiger partial charge is 0.244 e. The molecule has 2 N–H and O–H groups in total. The lowest BCUT2D eigenvalue weighted by molar-refractivity contribution is -0.130. The van der Waals surface area contributed by atoms with E-state index in [1.165, 1.54) is 16.0 Å². The van der Waals surface area contributed by atoms with Crippen molar-refractivity contribution >= 4 is 23.2 Å². The molecule has 0 unspecified atom stereocenters. The van der Waals surface area contributed by atoms with Gasteiger partial charge in [0.15, 0.2) is 5.96 Å². The average Bonchev–Trinajstić information content (AvgIpc) is 3.18. The van der Waals surface area contributed by atoms with Crippen molar-refractivity contribution in [2.24, 2.45) is 4.99 Å². The molecule has 0 saturated carbocycles. The number of thiophene rings is 1. The van der Waals surface area contributed by atoms with Gasteiger partial charge in [-0.05, 0) is 35.9 Å². The fourth-order valence-electron chi connectivity index (χ4n) is 3.35. The highest BCUT2D eigenvalue weighted by molar-refractivity contribution is 7.10. The van der Waals surface area contributed by atoms with E-state index in [1.807, 2.05) is 17.9 Å². The molecule has 0 radical (unpaired) electrons. The highest BCUT2D eigenvalue weighted by atomic mass is 32.1. The van der Waals surface area contributed by atoms with Crippen LogP contribution in [0.5, 0.6) is 0 Å². The minimum Gasteiger partial charge on any atom is -0.357 e. The van der Waals surface area contributed by atoms with Gasteiger partial charge in [-0.25, -0.2) is 4.99 Å². The van der Waals surface area contributed by atoms with Crippen molar-refractivity contribution in [2.75, 3.05) is 26.2 Å². The van der Waals surface area contributed by atoms with Gasteiger partial charge in [0.2, 0.25) is 5.91 Å². The van der Waals surface area contributed by atoms with E-state index >= 15 is 0 Å². The molecule has 28 heavy (non-hydrogen) atoms. The summed E-state index contributed by atoms with van der Waals surface area (Å²) in [5.41, 5.74) is 2.52.